The van der Waals surface area contributed by atoms with Crippen molar-refractivity contribution >= 4 is 16.9 Å². The normalized spacial score (nSPS) is 12.3. The van der Waals surface area contributed by atoms with Crippen LogP contribution in [-0.4, -0.2) is 20.7 Å². The molecule has 0 radical (unpaired) electrons. The Morgan fingerprint density at radius 3 is 2.31 bits per heavy atom. The van der Waals surface area contributed by atoms with E-state index in [-0.39, 0.29) is 24.3 Å². The average Bonchev–Trinajstić information content (AvgIpc) is 3.09. The van der Waals surface area contributed by atoms with Crippen LogP contribution in [0.3, 0.4) is 0 Å². The molecule has 0 saturated heterocycles. The number of aromatic nitrogens is 3. The standard InChI is InChI=1S/C26H27FN4O/c1-16(2)19-5-7-20(8-6-19)17(3)29-24(32)15-31-26-25(18(4)30-31)23(13-14-28-26)21-9-11-22(27)12-10-21/h5-14,16-17H,15H2,1-4H3,(H,29,32). The molecule has 2 aromatic carbocycles. The highest BCUT2D eigenvalue weighted by atomic mass is 19.1. The van der Waals surface area contributed by atoms with Crippen molar-refractivity contribution in [3.8, 4) is 11.1 Å². The molecule has 4 aromatic rings. The van der Waals surface area contributed by atoms with Gasteiger partial charge in [-0.05, 0) is 60.2 Å². The summed E-state index contributed by atoms with van der Waals surface area (Å²) < 4.78 is 15.0. The summed E-state index contributed by atoms with van der Waals surface area (Å²) in [5.74, 6) is 0.0532. The molecule has 1 amide bonds. The van der Waals surface area contributed by atoms with Gasteiger partial charge in [0.15, 0.2) is 5.65 Å². The summed E-state index contributed by atoms with van der Waals surface area (Å²) in [7, 11) is 0. The fourth-order valence-electron chi connectivity index (χ4n) is 3.94. The number of nitrogens with zero attached hydrogens (tertiary/aromatic N) is 3. The minimum absolute atomic E-state index is 0.0681. The van der Waals surface area contributed by atoms with Crippen molar-refractivity contribution in [1.29, 1.82) is 0 Å². The number of aryl methyl sites for hydroxylation is 1. The molecule has 0 aliphatic rings. The second-order valence-electron chi connectivity index (χ2n) is 8.42. The summed E-state index contributed by atoms with van der Waals surface area (Å²) in [5, 5.41) is 8.48. The van der Waals surface area contributed by atoms with Crippen molar-refractivity contribution in [2.24, 2.45) is 0 Å². The van der Waals surface area contributed by atoms with Gasteiger partial charge in [-0.1, -0.05) is 50.2 Å². The van der Waals surface area contributed by atoms with Gasteiger partial charge in [0.1, 0.15) is 12.4 Å². The second-order valence-corrected chi connectivity index (χ2v) is 8.42. The molecular formula is C26H27FN4O. The fourth-order valence-corrected chi connectivity index (χ4v) is 3.94. The average molecular weight is 431 g/mol. The number of amides is 1. The first-order valence-electron chi connectivity index (χ1n) is 10.8. The number of fused-ring (bicyclic) bond motifs is 1. The third-order valence-corrected chi connectivity index (χ3v) is 5.74. The molecule has 0 fully saturated rings. The van der Waals surface area contributed by atoms with Crippen LogP contribution in [0.5, 0.6) is 0 Å². The van der Waals surface area contributed by atoms with Crippen molar-refractivity contribution in [2.45, 2.75) is 46.2 Å². The first-order chi connectivity index (χ1) is 15.3. The van der Waals surface area contributed by atoms with E-state index in [0.29, 0.717) is 11.6 Å². The van der Waals surface area contributed by atoms with E-state index in [9.17, 15) is 9.18 Å². The lowest BCUT2D eigenvalue weighted by Gasteiger charge is -2.16. The highest BCUT2D eigenvalue weighted by Gasteiger charge is 2.17. The molecule has 1 atom stereocenters. The van der Waals surface area contributed by atoms with Gasteiger partial charge in [0.05, 0.1) is 11.7 Å². The quantitative estimate of drug-likeness (QED) is 0.436. The van der Waals surface area contributed by atoms with E-state index < -0.39 is 0 Å². The second kappa shape index (κ2) is 8.91. The van der Waals surface area contributed by atoms with E-state index in [4.69, 9.17) is 0 Å². The zero-order valence-electron chi connectivity index (χ0n) is 18.8. The van der Waals surface area contributed by atoms with E-state index in [1.807, 2.05) is 19.9 Å². The predicted molar refractivity (Wildman–Crippen MR) is 125 cm³/mol. The molecule has 164 valence electrons. The van der Waals surface area contributed by atoms with Crippen LogP contribution in [0.15, 0.2) is 60.8 Å². The molecule has 1 N–H and O–H groups in total. The van der Waals surface area contributed by atoms with Crippen LogP contribution >= 0.6 is 0 Å². The molecule has 0 spiro atoms. The monoisotopic (exact) mass is 430 g/mol. The summed E-state index contributed by atoms with van der Waals surface area (Å²) in [6, 6.07) is 16.4. The highest BCUT2D eigenvalue weighted by Crippen LogP contribution is 2.30. The number of pyridine rings is 1. The van der Waals surface area contributed by atoms with E-state index in [1.54, 1.807) is 23.0 Å². The molecule has 0 aliphatic carbocycles. The molecule has 4 rings (SSSR count). The van der Waals surface area contributed by atoms with Gasteiger partial charge in [-0.25, -0.2) is 14.1 Å². The molecule has 6 heteroatoms. The molecule has 32 heavy (non-hydrogen) atoms. The molecule has 0 aliphatic heterocycles. The Hall–Kier alpha value is -3.54. The zero-order valence-corrected chi connectivity index (χ0v) is 18.8. The largest absolute Gasteiger partial charge is 0.348 e. The van der Waals surface area contributed by atoms with Crippen LogP contribution in [0.1, 0.15) is 49.6 Å². The van der Waals surface area contributed by atoms with Gasteiger partial charge in [-0.2, -0.15) is 5.10 Å². The number of nitrogens with one attached hydrogen (secondary N) is 1. The Kier molecular flexibility index (Phi) is 6.04. The van der Waals surface area contributed by atoms with Gasteiger partial charge in [-0.3, -0.25) is 4.79 Å². The number of hydrogen-bond donors (Lipinski definition) is 1. The van der Waals surface area contributed by atoms with Gasteiger partial charge < -0.3 is 5.32 Å². The lowest BCUT2D eigenvalue weighted by molar-refractivity contribution is -0.122. The summed E-state index contributed by atoms with van der Waals surface area (Å²) in [5.41, 5.74) is 5.53. The maximum atomic E-state index is 13.4. The Morgan fingerprint density at radius 2 is 1.66 bits per heavy atom. The summed E-state index contributed by atoms with van der Waals surface area (Å²) >= 11 is 0. The summed E-state index contributed by atoms with van der Waals surface area (Å²) in [6.07, 6.45) is 1.69. The van der Waals surface area contributed by atoms with Gasteiger partial charge in [0.25, 0.3) is 0 Å². The smallest absolute Gasteiger partial charge is 0.242 e. The van der Waals surface area contributed by atoms with Crippen molar-refractivity contribution in [1.82, 2.24) is 20.1 Å². The third-order valence-electron chi connectivity index (χ3n) is 5.74. The first-order valence-corrected chi connectivity index (χ1v) is 10.8. The molecule has 0 bridgehead atoms. The van der Waals surface area contributed by atoms with E-state index in [0.717, 1.165) is 27.8 Å². The third kappa shape index (κ3) is 4.40. The minimum atomic E-state index is -0.281. The number of rotatable bonds is 6. The maximum Gasteiger partial charge on any atom is 0.242 e. The van der Waals surface area contributed by atoms with Crippen LogP contribution in [0.4, 0.5) is 4.39 Å². The van der Waals surface area contributed by atoms with Gasteiger partial charge >= 0.3 is 0 Å². The number of carbonyl (C=O) groups excluding carboxylic acids is 1. The molecule has 1 unspecified atom stereocenters. The van der Waals surface area contributed by atoms with E-state index >= 15 is 0 Å². The Bertz CT molecular complexity index is 1240. The number of benzene rings is 2. The molecule has 2 aromatic heterocycles. The fraction of sp³-hybridized carbons (Fsp3) is 0.269. The van der Waals surface area contributed by atoms with Crippen molar-refractivity contribution in [3.05, 3.63) is 83.4 Å². The lowest BCUT2D eigenvalue weighted by Crippen LogP contribution is -2.30. The molecule has 5 nitrogen and oxygen atoms in total. The number of hydrogen-bond acceptors (Lipinski definition) is 3. The van der Waals surface area contributed by atoms with E-state index in [2.05, 4.69) is 53.5 Å². The van der Waals surface area contributed by atoms with Crippen LogP contribution in [-0.2, 0) is 11.3 Å². The summed E-state index contributed by atoms with van der Waals surface area (Å²) in [6.45, 7) is 8.25. The predicted octanol–water partition coefficient (Wildman–Crippen LogP) is 5.55. The first kappa shape index (κ1) is 21.7. The van der Waals surface area contributed by atoms with Gasteiger partial charge in [-0.15, -0.1) is 0 Å². The Balaban J connectivity index is 1.54. The zero-order chi connectivity index (χ0) is 22.8. The van der Waals surface area contributed by atoms with E-state index in [1.165, 1.54) is 17.7 Å². The maximum absolute atomic E-state index is 13.4. The minimum Gasteiger partial charge on any atom is -0.348 e. The highest BCUT2D eigenvalue weighted by molar-refractivity contribution is 5.95. The molecule has 0 saturated carbocycles. The molecular weight excluding hydrogens is 403 g/mol. The van der Waals surface area contributed by atoms with Crippen LogP contribution < -0.4 is 5.32 Å². The van der Waals surface area contributed by atoms with Gasteiger partial charge in [0.2, 0.25) is 5.91 Å². The summed E-state index contributed by atoms with van der Waals surface area (Å²) in [4.78, 5) is 17.2. The lowest BCUT2D eigenvalue weighted by atomic mass is 9.99. The van der Waals surface area contributed by atoms with Gasteiger partial charge in [0, 0.05) is 11.6 Å². The van der Waals surface area contributed by atoms with Crippen molar-refractivity contribution in [2.75, 3.05) is 0 Å². The number of halogens is 1. The Labute approximate surface area is 187 Å². The van der Waals surface area contributed by atoms with Crippen LogP contribution in [0, 0.1) is 12.7 Å². The SMILES string of the molecule is Cc1nn(CC(=O)NC(C)c2ccc(C(C)C)cc2)c2nccc(-c3ccc(F)cc3)c12. The molecule has 2 heterocycles. The Morgan fingerprint density at radius 1 is 1.00 bits per heavy atom. The van der Waals surface area contributed by atoms with Crippen LogP contribution in [0.2, 0.25) is 0 Å². The van der Waals surface area contributed by atoms with Crippen molar-refractivity contribution in [3.63, 3.8) is 0 Å². The topological polar surface area (TPSA) is 59.8 Å². The number of carbonyl (C=O) groups is 1. The van der Waals surface area contributed by atoms with Crippen molar-refractivity contribution < 1.29 is 9.18 Å². The van der Waals surface area contributed by atoms with Crippen LogP contribution in [0.25, 0.3) is 22.2 Å².